The number of carbonyl (C=O) groups is 1. The lowest BCUT2D eigenvalue weighted by Crippen LogP contribution is -2.20. The van der Waals surface area contributed by atoms with Gasteiger partial charge in [0.05, 0.1) is 16.8 Å². The molecule has 0 aliphatic heterocycles. The van der Waals surface area contributed by atoms with Gasteiger partial charge < -0.3 is 9.30 Å². The fraction of sp³-hybridized carbons (Fsp3) is 0.389. The monoisotopic (exact) mass is 358 g/mol. The van der Waals surface area contributed by atoms with Gasteiger partial charge in [0.15, 0.2) is 10.5 Å². The molecule has 0 unspecified atom stereocenters. The molecule has 6 nitrogen and oxygen atoms in total. The zero-order valence-electron chi connectivity index (χ0n) is 14.7. The van der Waals surface area contributed by atoms with Crippen molar-refractivity contribution in [2.24, 2.45) is 4.99 Å². The number of hydrogen-bond acceptors (Lipinski definition) is 4. The van der Waals surface area contributed by atoms with E-state index in [4.69, 9.17) is 4.74 Å². The first kappa shape index (κ1) is 17.6. The van der Waals surface area contributed by atoms with Crippen molar-refractivity contribution in [3.8, 4) is 0 Å². The van der Waals surface area contributed by atoms with Gasteiger partial charge in [-0.1, -0.05) is 23.5 Å². The minimum atomic E-state index is -0.323. The number of hydrogen-bond donors (Lipinski definition) is 0. The maximum absolute atomic E-state index is 12.5. The predicted molar refractivity (Wildman–Crippen MR) is 98.8 cm³/mol. The molecule has 3 rings (SSSR count). The molecule has 0 aliphatic rings. The van der Waals surface area contributed by atoms with Crippen LogP contribution in [0.25, 0.3) is 10.2 Å². The van der Waals surface area contributed by atoms with Crippen molar-refractivity contribution in [3.63, 3.8) is 0 Å². The second-order valence-corrected chi connectivity index (χ2v) is 6.90. The molecule has 0 N–H and O–H groups in total. The number of ether oxygens (including phenoxy) is 1. The fourth-order valence-corrected chi connectivity index (χ4v) is 3.56. The molecular weight excluding hydrogens is 336 g/mol. The van der Waals surface area contributed by atoms with E-state index in [1.807, 2.05) is 55.8 Å². The maximum Gasteiger partial charge on any atom is 0.300 e. The molecule has 0 bridgehead atoms. The first-order valence-corrected chi connectivity index (χ1v) is 9.22. The Bertz CT molecular complexity index is 936. The fourth-order valence-electron chi connectivity index (χ4n) is 2.51. The first-order valence-electron chi connectivity index (χ1n) is 8.40. The van der Waals surface area contributed by atoms with Gasteiger partial charge in [-0.3, -0.25) is 9.48 Å². The smallest absolute Gasteiger partial charge is 0.300 e. The lowest BCUT2D eigenvalue weighted by molar-refractivity contribution is 0.0991. The Hall–Kier alpha value is -2.25. The maximum atomic E-state index is 12.5. The van der Waals surface area contributed by atoms with Gasteiger partial charge in [-0.2, -0.15) is 10.1 Å². The Morgan fingerprint density at radius 1 is 1.32 bits per heavy atom. The third-order valence-electron chi connectivity index (χ3n) is 3.81. The third-order valence-corrected chi connectivity index (χ3v) is 4.86. The summed E-state index contributed by atoms with van der Waals surface area (Å²) >= 11 is 1.50. The van der Waals surface area contributed by atoms with Gasteiger partial charge in [-0.25, -0.2) is 0 Å². The van der Waals surface area contributed by atoms with E-state index >= 15 is 0 Å². The topological polar surface area (TPSA) is 61.4 Å². The average Bonchev–Trinajstić information content (AvgIpc) is 3.21. The number of aromatic nitrogens is 3. The van der Waals surface area contributed by atoms with Crippen LogP contribution in [0.1, 0.15) is 37.3 Å². The van der Waals surface area contributed by atoms with Crippen molar-refractivity contribution in [2.75, 3.05) is 13.2 Å². The zero-order chi connectivity index (χ0) is 17.8. The standard InChI is InChI=1S/C18H22N4O2S/c1-4-24-12-11-21-15-7-5-6-8-16(15)25-18(21)19-17(23)14-9-10-22(20-14)13(2)3/h5-10,13H,4,11-12H2,1-3H3. The summed E-state index contributed by atoms with van der Waals surface area (Å²) in [6, 6.07) is 9.97. The highest BCUT2D eigenvalue weighted by atomic mass is 32.1. The van der Waals surface area contributed by atoms with E-state index in [0.717, 1.165) is 10.2 Å². The number of benzene rings is 1. The molecule has 0 aliphatic carbocycles. The van der Waals surface area contributed by atoms with Gasteiger partial charge in [-0.15, -0.1) is 0 Å². The van der Waals surface area contributed by atoms with Crippen molar-refractivity contribution in [1.82, 2.24) is 14.3 Å². The van der Waals surface area contributed by atoms with Gasteiger partial charge >= 0.3 is 0 Å². The highest BCUT2D eigenvalue weighted by molar-refractivity contribution is 7.16. The lowest BCUT2D eigenvalue weighted by Gasteiger charge is -2.05. The molecule has 0 fully saturated rings. The summed E-state index contributed by atoms with van der Waals surface area (Å²) in [6.45, 7) is 7.92. The summed E-state index contributed by atoms with van der Waals surface area (Å²) in [4.78, 5) is 17.5. The van der Waals surface area contributed by atoms with E-state index in [9.17, 15) is 4.79 Å². The van der Waals surface area contributed by atoms with Crippen molar-refractivity contribution < 1.29 is 9.53 Å². The molecule has 3 aromatic rings. The number of fused-ring (bicyclic) bond motifs is 1. The molecular formula is C18H22N4O2S. The number of nitrogens with zero attached hydrogens (tertiary/aromatic N) is 4. The Balaban J connectivity index is 1.99. The number of rotatable bonds is 6. The second-order valence-electron chi connectivity index (χ2n) is 5.89. The molecule has 132 valence electrons. The summed E-state index contributed by atoms with van der Waals surface area (Å²) < 4.78 is 10.4. The van der Waals surface area contributed by atoms with E-state index in [1.54, 1.807) is 10.7 Å². The molecule has 2 heterocycles. The average molecular weight is 358 g/mol. The number of thiazole rings is 1. The van der Waals surface area contributed by atoms with Crippen molar-refractivity contribution >= 4 is 27.5 Å². The van der Waals surface area contributed by atoms with Crippen molar-refractivity contribution in [2.45, 2.75) is 33.4 Å². The Morgan fingerprint density at radius 2 is 2.12 bits per heavy atom. The molecule has 0 radical (unpaired) electrons. The minimum Gasteiger partial charge on any atom is -0.380 e. The number of carbonyl (C=O) groups excluding carboxylic acids is 1. The van der Waals surface area contributed by atoms with Gasteiger partial charge in [-0.05, 0) is 39.0 Å². The summed E-state index contributed by atoms with van der Waals surface area (Å²) in [6.07, 6.45) is 1.81. The number of amides is 1. The molecule has 1 aromatic carbocycles. The minimum absolute atomic E-state index is 0.210. The highest BCUT2D eigenvalue weighted by Gasteiger charge is 2.12. The SMILES string of the molecule is CCOCCn1c(=NC(=O)c2ccn(C(C)C)n2)sc2ccccc21. The van der Waals surface area contributed by atoms with Gasteiger partial charge in [0.25, 0.3) is 5.91 Å². The van der Waals surface area contributed by atoms with Gasteiger partial charge in [0, 0.05) is 25.4 Å². The van der Waals surface area contributed by atoms with Crippen LogP contribution < -0.4 is 4.80 Å². The summed E-state index contributed by atoms with van der Waals surface area (Å²) in [7, 11) is 0. The van der Waals surface area contributed by atoms with Crippen LogP contribution in [-0.2, 0) is 11.3 Å². The summed E-state index contributed by atoms with van der Waals surface area (Å²) in [5.74, 6) is -0.323. The third kappa shape index (κ3) is 3.88. The van der Waals surface area contributed by atoms with Crippen LogP contribution in [0.2, 0.25) is 0 Å². The normalized spacial score (nSPS) is 12.4. The van der Waals surface area contributed by atoms with E-state index in [1.165, 1.54) is 11.3 Å². The quantitative estimate of drug-likeness (QED) is 0.636. The van der Waals surface area contributed by atoms with Crippen LogP contribution in [-0.4, -0.2) is 33.5 Å². The van der Waals surface area contributed by atoms with E-state index in [-0.39, 0.29) is 11.9 Å². The van der Waals surface area contributed by atoms with Crippen LogP contribution in [0, 0.1) is 0 Å². The van der Waals surface area contributed by atoms with Gasteiger partial charge in [0.2, 0.25) is 0 Å². The first-order chi connectivity index (χ1) is 12.1. The Kier molecular flexibility index (Phi) is 5.45. The van der Waals surface area contributed by atoms with Crippen molar-refractivity contribution in [3.05, 3.63) is 47.0 Å². The lowest BCUT2D eigenvalue weighted by atomic mass is 10.3. The van der Waals surface area contributed by atoms with Crippen LogP contribution in [0.3, 0.4) is 0 Å². The van der Waals surface area contributed by atoms with E-state index in [0.29, 0.717) is 30.3 Å². The summed E-state index contributed by atoms with van der Waals surface area (Å²) in [5, 5.41) is 4.31. The molecule has 1 amide bonds. The molecule has 7 heteroatoms. The molecule has 0 spiro atoms. The number of para-hydroxylation sites is 1. The van der Waals surface area contributed by atoms with Gasteiger partial charge in [0.1, 0.15) is 0 Å². The van der Waals surface area contributed by atoms with Crippen LogP contribution in [0.5, 0.6) is 0 Å². The Morgan fingerprint density at radius 3 is 2.84 bits per heavy atom. The molecule has 25 heavy (non-hydrogen) atoms. The van der Waals surface area contributed by atoms with Crippen molar-refractivity contribution in [1.29, 1.82) is 0 Å². The molecule has 0 saturated carbocycles. The Labute approximate surface area is 150 Å². The molecule has 2 aromatic heterocycles. The summed E-state index contributed by atoms with van der Waals surface area (Å²) in [5.41, 5.74) is 1.42. The largest absolute Gasteiger partial charge is 0.380 e. The predicted octanol–water partition coefficient (Wildman–Crippen LogP) is 3.26. The van der Waals surface area contributed by atoms with E-state index in [2.05, 4.69) is 10.1 Å². The zero-order valence-corrected chi connectivity index (χ0v) is 15.5. The van der Waals surface area contributed by atoms with E-state index < -0.39 is 0 Å². The highest BCUT2D eigenvalue weighted by Crippen LogP contribution is 2.17. The molecule has 0 saturated heterocycles. The second kappa shape index (κ2) is 7.76. The van der Waals surface area contributed by atoms with Crippen LogP contribution >= 0.6 is 11.3 Å². The molecule has 0 atom stereocenters. The van der Waals surface area contributed by atoms with Crippen LogP contribution in [0.4, 0.5) is 0 Å². The van der Waals surface area contributed by atoms with Crippen LogP contribution in [0.15, 0.2) is 41.5 Å².